The Kier molecular flexibility index (Phi) is 6.34. The molecule has 0 aliphatic heterocycles. The number of aromatic nitrogens is 1. The average Bonchev–Trinajstić information content (AvgIpc) is 3.01. The molecule has 5 nitrogen and oxygen atoms in total. The predicted molar refractivity (Wildman–Crippen MR) is 97.9 cm³/mol. The van der Waals surface area contributed by atoms with Crippen LogP contribution in [0.2, 0.25) is 0 Å². The summed E-state index contributed by atoms with van der Waals surface area (Å²) in [6.07, 6.45) is 0.714. The number of thiazole rings is 1. The van der Waals surface area contributed by atoms with Crippen molar-refractivity contribution in [2.24, 2.45) is 5.41 Å². The van der Waals surface area contributed by atoms with Gasteiger partial charge in [-0.15, -0.1) is 11.3 Å². The molecule has 0 fully saturated rings. The van der Waals surface area contributed by atoms with Crippen molar-refractivity contribution in [2.75, 3.05) is 6.61 Å². The first-order valence-corrected chi connectivity index (χ1v) is 8.90. The molecule has 3 N–H and O–H groups in total. The zero-order valence-electron chi connectivity index (χ0n) is 14.4. The number of carbonyl (C=O) groups is 1. The molecule has 0 aliphatic rings. The van der Waals surface area contributed by atoms with Gasteiger partial charge in [-0.2, -0.15) is 0 Å². The summed E-state index contributed by atoms with van der Waals surface area (Å²) < 4.78 is 0. The smallest absolute Gasteiger partial charge is 0.315 e. The maximum absolute atomic E-state index is 12.0. The number of hydrogen-bond donors (Lipinski definition) is 3. The Morgan fingerprint density at radius 2 is 2.00 bits per heavy atom. The summed E-state index contributed by atoms with van der Waals surface area (Å²) in [5.74, 6) is 0. The Balaban J connectivity index is 1.85. The van der Waals surface area contributed by atoms with E-state index in [1.54, 1.807) is 11.3 Å². The summed E-state index contributed by atoms with van der Waals surface area (Å²) in [6, 6.07) is 9.42. The molecule has 2 aromatic rings. The van der Waals surface area contributed by atoms with Gasteiger partial charge in [-0.25, -0.2) is 9.78 Å². The fourth-order valence-electron chi connectivity index (χ4n) is 2.41. The molecule has 1 atom stereocenters. The molecule has 0 aliphatic carbocycles. The van der Waals surface area contributed by atoms with Crippen molar-refractivity contribution in [1.29, 1.82) is 0 Å². The number of benzene rings is 1. The van der Waals surface area contributed by atoms with Crippen molar-refractivity contribution >= 4 is 17.4 Å². The van der Waals surface area contributed by atoms with Crippen LogP contribution in [-0.4, -0.2) is 28.8 Å². The Morgan fingerprint density at radius 1 is 1.29 bits per heavy atom. The van der Waals surface area contributed by atoms with E-state index in [9.17, 15) is 9.90 Å². The standard InChI is InChI=1S/C18H25N3O2S/c1-18(2,3)9-14(11-22)21-17(23)19-10-15-12-24-16(20-15)13-7-5-4-6-8-13/h4-8,12,14,22H,9-11H2,1-3H3,(H2,19,21,23). The molecule has 0 spiro atoms. The average molecular weight is 347 g/mol. The molecular weight excluding hydrogens is 322 g/mol. The van der Waals surface area contributed by atoms with Crippen LogP contribution in [0, 0.1) is 5.41 Å². The quantitative estimate of drug-likeness (QED) is 0.750. The highest BCUT2D eigenvalue weighted by Crippen LogP contribution is 2.23. The van der Waals surface area contributed by atoms with Crippen molar-refractivity contribution in [3.63, 3.8) is 0 Å². The second-order valence-corrected chi connectivity index (χ2v) is 7.84. The lowest BCUT2D eigenvalue weighted by molar-refractivity contribution is 0.190. The number of aliphatic hydroxyl groups is 1. The van der Waals surface area contributed by atoms with Gasteiger partial charge in [-0.1, -0.05) is 51.1 Å². The van der Waals surface area contributed by atoms with E-state index in [0.717, 1.165) is 16.3 Å². The number of carbonyl (C=O) groups excluding carboxylic acids is 1. The van der Waals surface area contributed by atoms with Gasteiger partial charge in [-0.3, -0.25) is 0 Å². The summed E-state index contributed by atoms with van der Waals surface area (Å²) in [7, 11) is 0. The highest BCUT2D eigenvalue weighted by atomic mass is 32.1. The summed E-state index contributed by atoms with van der Waals surface area (Å²) >= 11 is 1.56. The van der Waals surface area contributed by atoms with Gasteiger partial charge in [0.15, 0.2) is 0 Å². The van der Waals surface area contributed by atoms with Gasteiger partial charge < -0.3 is 15.7 Å². The number of hydrogen-bond acceptors (Lipinski definition) is 4. The van der Waals surface area contributed by atoms with E-state index >= 15 is 0 Å². The first kappa shape index (κ1) is 18.4. The third-order valence-electron chi connectivity index (χ3n) is 3.42. The maximum atomic E-state index is 12.0. The number of rotatable bonds is 6. The minimum absolute atomic E-state index is 0.0418. The first-order valence-electron chi connectivity index (χ1n) is 8.02. The first-order chi connectivity index (χ1) is 11.4. The van der Waals surface area contributed by atoms with Gasteiger partial charge in [0.25, 0.3) is 0 Å². The third-order valence-corrected chi connectivity index (χ3v) is 4.36. The fraction of sp³-hybridized carbons (Fsp3) is 0.444. The zero-order valence-corrected chi connectivity index (χ0v) is 15.2. The van der Waals surface area contributed by atoms with Gasteiger partial charge in [0.05, 0.1) is 24.9 Å². The van der Waals surface area contributed by atoms with Crippen LogP contribution >= 0.6 is 11.3 Å². The van der Waals surface area contributed by atoms with Crippen LogP contribution < -0.4 is 10.6 Å². The lowest BCUT2D eigenvalue weighted by atomic mass is 9.88. The van der Waals surface area contributed by atoms with Gasteiger partial charge in [0.1, 0.15) is 5.01 Å². The third kappa shape index (κ3) is 5.94. The van der Waals surface area contributed by atoms with Crippen LogP contribution in [0.4, 0.5) is 4.79 Å². The predicted octanol–water partition coefficient (Wildman–Crippen LogP) is 3.41. The molecule has 130 valence electrons. The molecule has 1 aromatic heterocycles. The van der Waals surface area contributed by atoms with Crippen molar-refractivity contribution in [2.45, 2.75) is 39.8 Å². The van der Waals surface area contributed by atoms with Crippen LogP contribution in [0.15, 0.2) is 35.7 Å². The van der Waals surface area contributed by atoms with E-state index in [4.69, 9.17) is 0 Å². The maximum Gasteiger partial charge on any atom is 0.315 e. The molecule has 2 rings (SSSR count). The normalized spacial score (nSPS) is 12.7. The van der Waals surface area contributed by atoms with Gasteiger partial charge in [0, 0.05) is 10.9 Å². The molecule has 1 aromatic carbocycles. The minimum atomic E-state index is -0.285. The monoisotopic (exact) mass is 347 g/mol. The highest BCUT2D eigenvalue weighted by molar-refractivity contribution is 7.13. The summed E-state index contributed by atoms with van der Waals surface area (Å²) in [6.45, 7) is 6.53. The Bertz CT molecular complexity index is 650. The number of urea groups is 1. The molecule has 0 bridgehead atoms. The van der Waals surface area contributed by atoms with Gasteiger partial charge in [-0.05, 0) is 11.8 Å². The Labute approximate surface area is 147 Å². The summed E-state index contributed by atoms with van der Waals surface area (Å²) in [5, 5.41) is 17.9. The van der Waals surface area contributed by atoms with E-state index in [2.05, 4.69) is 36.4 Å². The van der Waals surface area contributed by atoms with Gasteiger partial charge >= 0.3 is 6.03 Å². The fourth-order valence-corrected chi connectivity index (χ4v) is 3.24. The van der Waals surface area contributed by atoms with Crippen molar-refractivity contribution in [3.05, 3.63) is 41.4 Å². The highest BCUT2D eigenvalue weighted by Gasteiger charge is 2.19. The van der Waals surface area contributed by atoms with E-state index in [1.807, 2.05) is 35.7 Å². The van der Waals surface area contributed by atoms with E-state index < -0.39 is 0 Å². The lowest BCUT2D eigenvalue weighted by Crippen LogP contribution is -2.45. The van der Waals surface area contributed by atoms with Crippen molar-refractivity contribution in [3.8, 4) is 10.6 Å². The van der Waals surface area contributed by atoms with Crippen LogP contribution in [-0.2, 0) is 6.54 Å². The number of nitrogens with one attached hydrogen (secondary N) is 2. The summed E-state index contributed by atoms with van der Waals surface area (Å²) in [5.41, 5.74) is 1.94. The Morgan fingerprint density at radius 3 is 2.62 bits per heavy atom. The molecule has 1 heterocycles. The molecular formula is C18H25N3O2S. The lowest BCUT2D eigenvalue weighted by Gasteiger charge is -2.25. The largest absolute Gasteiger partial charge is 0.394 e. The topological polar surface area (TPSA) is 74.2 Å². The second kappa shape index (κ2) is 8.26. The van der Waals surface area contributed by atoms with Crippen LogP contribution in [0.5, 0.6) is 0 Å². The molecule has 24 heavy (non-hydrogen) atoms. The second-order valence-electron chi connectivity index (χ2n) is 6.98. The van der Waals surface area contributed by atoms with Gasteiger partial charge in [0.2, 0.25) is 0 Å². The molecule has 6 heteroatoms. The summed E-state index contributed by atoms with van der Waals surface area (Å²) in [4.78, 5) is 16.5. The molecule has 1 unspecified atom stereocenters. The zero-order chi connectivity index (χ0) is 17.6. The van der Waals surface area contributed by atoms with Crippen molar-refractivity contribution < 1.29 is 9.90 Å². The number of aliphatic hydroxyl groups excluding tert-OH is 1. The minimum Gasteiger partial charge on any atom is -0.394 e. The van der Waals surface area contributed by atoms with E-state index in [-0.39, 0.29) is 24.1 Å². The molecule has 2 amide bonds. The Hall–Kier alpha value is -1.92. The SMILES string of the molecule is CC(C)(C)CC(CO)NC(=O)NCc1csc(-c2ccccc2)n1. The van der Waals surface area contributed by atoms with Crippen LogP contribution in [0.3, 0.4) is 0 Å². The van der Waals surface area contributed by atoms with E-state index in [1.165, 1.54) is 0 Å². The van der Waals surface area contributed by atoms with Crippen LogP contribution in [0.25, 0.3) is 10.6 Å². The van der Waals surface area contributed by atoms with Crippen molar-refractivity contribution in [1.82, 2.24) is 15.6 Å². The molecule has 0 saturated heterocycles. The number of amides is 2. The molecule has 0 radical (unpaired) electrons. The molecule has 0 saturated carbocycles. The van der Waals surface area contributed by atoms with Crippen LogP contribution in [0.1, 0.15) is 32.9 Å². The van der Waals surface area contributed by atoms with E-state index in [0.29, 0.717) is 13.0 Å². The number of nitrogens with zero attached hydrogens (tertiary/aromatic N) is 1.